The van der Waals surface area contributed by atoms with Gasteiger partial charge in [0.15, 0.2) is 5.69 Å². The lowest BCUT2D eigenvalue weighted by Gasteiger charge is -2.21. The largest absolute Gasteiger partial charge is 0.393 e. The van der Waals surface area contributed by atoms with Crippen molar-refractivity contribution in [2.45, 2.75) is 39.0 Å². The van der Waals surface area contributed by atoms with E-state index in [1.807, 2.05) is 12.1 Å². The Bertz CT molecular complexity index is 1140. The first-order chi connectivity index (χ1) is 16.3. The predicted octanol–water partition coefficient (Wildman–Crippen LogP) is 2.35. The number of aromatic nitrogens is 3. The zero-order chi connectivity index (χ0) is 24.3. The Hall–Kier alpha value is -3.82. The molecular weight excluding hydrogens is 432 g/mol. The first kappa shape index (κ1) is 23.3. The lowest BCUT2D eigenvalue weighted by molar-refractivity contribution is -0.126. The smallest absolute Gasteiger partial charge is 0.276 e. The number of anilines is 2. The van der Waals surface area contributed by atoms with E-state index in [9.17, 15) is 9.59 Å². The van der Waals surface area contributed by atoms with Crippen molar-refractivity contribution in [3.05, 3.63) is 53.6 Å². The molecule has 1 saturated heterocycles. The quantitative estimate of drug-likeness (QED) is 0.424. The molecule has 2 aliphatic rings. The number of rotatable bonds is 7. The maximum Gasteiger partial charge on any atom is 0.276 e. The second kappa shape index (κ2) is 9.58. The van der Waals surface area contributed by atoms with Gasteiger partial charge in [-0.05, 0) is 36.8 Å². The maximum atomic E-state index is 13.4. The van der Waals surface area contributed by atoms with Gasteiger partial charge in [-0.25, -0.2) is 15.0 Å². The maximum absolute atomic E-state index is 13.4. The molecule has 4 rings (SSSR count). The molecule has 0 bridgehead atoms. The Kier molecular flexibility index (Phi) is 6.58. The van der Waals surface area contributed by atoms with Crippen molar-refractivity contribution in [1.29, 1.82) is 0 Å². The summed E-state index contributed by atoms with van der Waals surface area (Å²) >= 11 is 0. The van der Waals surface area contributed by atoms with E-state index < -0.39 is 5.91 Å². The third-order valence-corrected chi connectivity index (χ3v) is 5.96. The van der Waals surface area contributed by atoms with Gasteiger partial charge in [0.25, 0.3) is 11.8 Å². The second-order valence-electron chi connectivity index (χ2n) is 9.47. The fourth-order valence-electron chi connectivity index (χ4n) is 3.92. The summed E-state index contributed by atoms with van der Waals surface area (Å²) in [5.74, 6) is -0.451. The first-order valence-corrected chi connectivity index (χ1v) is 11.3. The Balaban J connectivity index is 1.61. The molecule has 4 N–H and O–H groups in total. The summed E-state index contributed by atoms with van der Waals surface area (Å²) in [5.41, 5.74) is 8.52. The molecule has 2 fully saturated rings. The Morgan fingerprint density at radius 2 is 1.97 bits per heavy atom. The summed E-state index contributed by atoms with van der Waals surface area (Å²) in [5, 5.41) is 5.90. The zero-order valence-electron chi connectivity index (χ0n) is 19.7. The van der Waals surface area contributed by atoms with Crippen LogP contribution in [0.3, 0.4) is 0 Å². The van der Waals surface area contributed by atoms with Gasteiger partial charge in [0, 0.05) is 38.0 Å². The Morgan fingerprint density at radius 3 is 2.59 bits per heavy atom. The minimum Gasteiger partial charge on any atom is -0.393 e. The minimum absolute atomic E-state index is 0.0348. The highest BCUT2D eigenvalue weighted by Gasteiger charge is 2.33. The van der Waals surface area contributed by atoms with Gasteiger partial charge < -0.3 is 21.3 Å². The average molecular weight is 463 g/mol. The first-order valence-electron chi connectivity index (χ1n) is 11.3. The van der Waals surface area contributed by atoms with E-state index >= 15 is 0 Å². The molecule has 2 aromatic rings. The molecule has 1 aliphatic carbocycles. The van der Waals surface area contributed by atoms with Crippen molar-refractivity contribution in [3.8, 4) is 0 Å². The van der Waals surface area contributed by atoms with E-state index in [2.05, 4.69) is 44.4 Å². The zero-order valence-corrected chi connectivity index (χ0v) is 19.7. The van der Waals surface area contributed by atoms with Crippen LogP contribution in [0.4, 0.5) is 11.4 Å². The third-order valence-electron chi connectivity index (χ3n) is 5.96. The molecular formula is C24H30N8O2. The topological polar surface area (TPSA) is 138 Å². The lowest BCUT2D eigenvalue weighted by atomic mass is 9.93. The minimum atomic E-state index is -0.491. The third kappa shape index (κ3) is 5.38. The van der Waals surface area contributed by atoms with Crippen LogP contribution >= 0.6 is 0 Å². The van der Waals surface area contributed by atoms with Crippen LogP contribution in [0.15, 0.2) is 47.2 Å². The number of nitrogens with two attached hydrogens (primary N) is 1. The highest BCUT2D eigenvalue weighted by atomic mass is 16.2. The number of amides is 2. The van der Waals surface area contributed by atoms with Crippen molar-refractivity contribution in [2.24, 2.45) is 16.1 Å². The van der Waals surface area contributed by atoms with Crippen LogP contribution in [0.1, 0.15) is 55.2 Å². The van der Waals surface area contributed by atoms with E-state index in [1.54, 1.807) is 24.3 Å². The molecule has 2 amide bonds. The number of hydrogen-bond acceptors (Lipinski definition) is 8. The molecule has 2 aromatic heterocycles. The molecule has 10 heteroatoms. The standard InChI is InChI=1S/C24H30N8O2/c1-24(2)8-9-32(13-24)23(34)20(25)19(12-26-3)31-22(33)21-18(29-16-10-27-14-28-11-16)7-6-17(30-21)15-4-5-15/h6-7,10-12,14-15,29H,4-5,8-9,13,25H2,1-3H3,(H,31,33). The van der Waals surface area contributed by atoms with Gasteiger partial charge in [-0.15, -0.1) is 0 Å². The highest BCUT2D eigenvalue weighted by Crippen LogP contribution is 2.39. The van der Waals surface area contributed by atoms with Gasteiger partial charge in [-0.2, -0.15) is 0 Å². The second-order valence-corrected chi connectivity index (χ2v) is 9.47. The van der Waals surface area contributed by atoms with Crippen molar-refractivity contribution in [3.63, 3.8) is 0 Å². The number of aliphatic imine (C=N–C) groups is 1. The van der Waals surface area contributed by atoms with Gasteiger partial charge >= 0.3 is 0 Å². The van der Waals surface area contributed by atoms with Gasteiger partial charge in [-0.1, -0.05) is 13.8 Å². The molecule has 3 heterocycles. The molecule has 1 aliphatic heterocycles. The summed E-state index contributed by atoms with van der Waals surface area (Å²) in [6.45, 7) is 5.45. The van der Waals surface area contributed by atoms with Crippen LogP contribution in [-0.4, -0.2) is 58.0 Å². The summed E-state index contributed by atoms with van der Waals surface area (Å²) in [6, 6.07) is 3.73. The fraction of sp³-hybridized carbons (Fsp3) is 0.417. The molecule has 10 nitrogen and oxygen atoms in total. The van der Waals surface area contributed by atoms with Gasteiger partial charge in [-0.3, -0.25) is 14.6 Å². The van der Waals surface area contributed by atoms with Gasteiger partial charge in [0.2, 0.25) is 0 Å². The molecule has 178 valence electrons. The van der Waals surface area contributed by atoms with Crippen molar-refractivity contribution in [2.75, 3.05) is 25.5 Å². The Labute approximate surface area is 198 Å². The average Bonchev–Trinajstić information content (AvgIpc) is 3.61. The normalized spacial score (nSPS) is 18.0. The highest BCUT2D eigenvalue weighted by molar-refractivity contribution is 6.05. The van der Waals surface area contributed by atoms with Crippen LogP contribution in [-0.2, 0) is 4.79 Å². The number of carbonyl (C=O) groups is 2. The number of likely N-dealkylation sites (tertiary alicyclic amines) is 1. The summed E-state index contributed by atoms with van der Waals surface area (Å²) in [7, 11) is 1.55. The number of pyridine rings is 1. The van der Waals surface area contributed by atoms with Crippen LogP contribution in [0.25, 0.3) is 0 Å². The van der Waals surface area contributed by atoms with Crippen molar-refractivity contribution in [1.82, 2.24) is 25.2 Å². The number of nitrogens with one attached hydrogen (secondary N) is 2. The molecule has 0 spiro atoms. The van der Waals surface area contributed by atoms with E-state index in [1.165, 1.54) is 12.5 Å². The van der Waals surface area contributed by atoms with E-state index in [-0.39, 0.29) is 28.4 Å². The van der Waals surface area contributed by atoms with Gasteiger partial charge in [0.05, 0.1) is 29.5 Å². The van der Waals surface area contributed by atoms with Crippen LogP contribution in [0, 0.1) is 5.41 Å². The number of nitrogens with zero attached hydrogens (tertiary/aromatic N) is 5. The van der Waals surface area contributed by atoms with E-state index in [0.29, 0.717) is 30.4 Å². The SMILES string of the molecule is CN=CC(NC(=O)c1nc(C2CC2)ccc1Nc1cncnc1)=C(N)C(=O)N1CCC(C)(C)C1. The molecule has 0 atom stereocenters. The van der Waals surface area contributed by atoms with Crippen molar-refractivity contribution < 1.29 is 9.59 Å². The summed E-state index contributed by atoms with van der Waals surface area (Å²) in [6.07, 6.45) is 9.01. The van der Waals surface area contributed by atoms with Crippen LogP contribution in [0.2, 0.25) is 0 Å². The monoisotopic (exact) mass is 462 g/mol. The molecule has 0 radical (unpaired) electrons. The van der Waals surface area contributed by atoms with Gasteiger partial charge in [0.1, 0.15) is 12.0 Å². The molecule has 1 saturated carbocycles. The summed E-state index contributed by atoms with van der Waals surface area (Å²) < 4.78 is 0. The number of carbonyl (C=O) groups excluding carboxylic acids is 2. The lowest BCUT2D eigenvalue weighted by Crippen LogP contribution is -2.37. The fourth-order valence-corrected chi connectivity index (χ4v) is 3.92. The molecule has 0 unspecified atom stereocenters. The molecule has 0 aromatic carbocycles. The van der Waals surface area contributed by atoms with E-state index in [0.717, 1.165) is 25.0 Å². The van der Waals surface area contributed by atoms with Crippen LogP contribution < -0.4 is 16.4 Å². The van der Waals surface area contributed by atoms with Crippen molar-refractivity contribution >= 4 is 29.4 Å². The number of hydrogen-bond donors (Lipinski definition) is 3. The Morgan fingerprint density at radius 1 is 1.24 bits per heavy atom. The van der Waals surface area contributed by atoms with E-state index in [4.69, 9.17) is 5.73 Å². The number of allylic oxidation sites excluding steroid dienone is 1. The predicted molar refractivity (Wildman–Crippen MR) is 130 cm³/mol. The molecule has 34 heavy (non-hydrogen) atoms. The van der Waals surface area contributed by atoms with Crippen LogP contribution in [0.5, 0.6) is 0 Å². The summed E-state index contributed by atoms with van der Waals surface area (Å²) in [4.78, 5) is 44.7.